The fourth-order valence-corrected chi connectivity index (χ4v) is 5.49. The second-order valence-electron chi connectivity index (χ2n) is 7.69. The van der Waals surface area contributed by atoms with Gasteiger partial charge in [-0.05, 0) is 56.7 Å². The van der Waals surface area contributed by atoms with Gasteiger partial charge in [0, 0.05) is 4.90 Å². The van der Waals surface area contributed by atoms with Gasteiger partial charge in [-0.1, -0.05) is 54.4 Å². The number of ether oxygens (including phenoxy) is 1. The third kappa shape index (κ3) is 4.22. The molecule has 1 aliphatic heterocycles. The molecular weight excluding hydrogens is 354 g/mol. The molecule has 2 aliphatic rings. The minimum atomic E-state index is -1.15. The average molecular weight is 382 g/mol. The van der Waals surface area contributed by atoms with E-state index in [-0.39, 0.29) is 11.0 Å². The van der Waals surface area contributed by atoms with Gasteiger partial charge in [-0.25, -0.2) is 0 Å². The van der Waals surface area contributed by atoms with Crippen LogP contribution in [0.1, 0.15) is 43.2 Å². The maximum Gasteiger partial charge on any atom is 0.159 e. The molecule has 4 heteroatoms. The third-order valence-electron chi connectivity index (χ3n) is 5.62. The zero-order chi connectivity index (χ0) is 18.7. The first kappa shape index (κ1) is 18.6. The van der Waals surface area contributed by atoms with E-state index in [1.54, 1.807) is 0 Å². The van der Waals surface area contributed by atoms with Crippen molar-refractivity contribution < 1.29 is 8.95 Å². The first-order valence-electron chi connectivity index (χ1n) is 9.89. The lowest BCUT2D eigenvalue weighted by atomic mass is 9.92. The van der Waals surface area contributed by atoms with Crippen LogP contribution in [0.5, 0.6) is 0 Å². The quantitative estimate of drug-likeness (QED) is 0.743. The Morgan fingerprint density at radius 1 is 1.04 bits per heavy atom. The summed E-state index contributed by atoms with van der Waals surface area (Å²) in [6.07, 6.45) is 6.30. The normalized spacial score (nSPS) is 21.0. The summed E-state index contributed by atoms with van der Waals surface area (Å²) in [6.45, 7) is 2.56. The zero-order valence-corrected chi connectivity index (χ0v) is 16.7. The first-order chi connectivity index (χ1) is 13.2. The van der Waals surface area contributed by atoms with Crippen molar-refractivity contribution in [2.45, 2.75) is 61.3 Å². The highest BCUT2D eigenvalue weighted by Crippen LogP contribution is 2.37. The van der Waals surface area contributed by atoms with Crippen molar-refractivity contribution in [3.8, 4) is 0 Å². The van der Waals surface area contributed by atoms with Gasteiger partial charge in [0.05, 0.1) is 28.4 Å². The summed E-state index contributed by atoms with van der Waals surface area (Å²) >= 11 is 0. The van der Waals surface area contributed by atoms with Crippen LogP contribution in [0.15, 0.2) is 64.5 Å². The molecular formula is C23H27NO2S. The molecule has 1 spiro atoms. The van der Waals surface area contributed by atoms with E-state index in [1.807, 2.05) is 42.5 Å². The van der Waals surface area contributed by atoms with Gasteiger partial charge in [-0.3, -0.25) is 9.20 Å². The number of benzene rings is 2. The van der Waals surface area contributed by atoms with Gasteiger partial charge in [0.1, 0.15) is 0 Å². The number of nitrogens with zero attached hydrogens (tertiary/aromatic N) is 1. The lowest BCUT2D eigenvalue weighted by molar-refractivity contribution is -0.0286. The van der Waals surface area contributed by atoms with E-state index in [1.165, 1.54) is 30.4 Å². The van der Waals surface area contributed by atoms with Gasteiger partial charge >= 0.3 is 0 Å². The van der Waals surface area contributed by atoms with Crippen molar-refractivity contribution in [2.24, 2.45) is 4.99 Å². The van der Waals surface area contributed by atoms with E-state index in [0.717, 1.165) is 29.9 Å². The number of aliphatic imine (C=N–C) groups is 1. The maximum atomic E-state index is 13.5. The molecule has 0 N–H and O–H groups in total. The highest BCUT2D eigenvalue weighted by molar-refractivity contribution is 7.86. The number of rotatable bonds is 5. The molecule has 2 atom stereocenters. The van der Waals surface area contributed by atoms with Crippen LogP contribution in [0.2, 0.25) is 0 Å². The predicted molar refractivity (Wildman–Crippen MR) is 111 cm³/mol. The van der Waals surface area contributed by atoms with Crippen LogP contribution in [-0.4, -0.2) is 27.5 Å². The van der Waals surface area contributed by atoms with E-state index in [4.69, 9.17) is 9.73 Å². The van der Waals surface area contributed by atoms with Gasteiger partial charge in [0.15, 0.2) is 5.72 Å². The summed E-state index contributed by atoms with van der Waals surface area (Å²) < 4.78 is 19.7. The fourth-order valence-electron chi connectivity index (χ4n) is 4.04. The fraction of sp³-hybridized carbons (Fsp3) is 0.435. The zero-order valence-electron chi connectivity index (χ0n) is 15.9. The number of hydrogen-bond donors (Lipinski definition) is 0. The molecule has 4 rings (SSSR count). The summed E-state index contributed by atoms with van der Waals surface area (Å²) in [7, 11) is -1.15. The summed E-state index contributed by atoms with van der Waals surface area (Å²) in [5, 5.41) is -0.142. The Balaban J connectivity index is 1.64. The lowest BCUT2D eigenvalue weighted by Gasteiger charge is -2.29. The molecule has 0 bridgehead atoms. The topological polar surface area (TPSA) is 38.7 Å². The van der Waals surface area contributed by atoms with Gasteiger partial charge in [0.2, 0.25) is 0 Å². The Labute approximate surface area is 164 Å². The van der Waals surface area contributed by atoms with Gasteiger partial charge in [-0.15, -0.1) is 0 Å². The van der Waals surface area contributed by atoms with Crippen LogP contribution in [0.25, 0.3) is 0 Å². The van der Waals surface area contributed by atoms with Crippen LogP contribution >= 0.6 is 0 Å². The van der Waals surface area contributed by atoms with Crippen LogP contribution in [0, 0.1) is 6.92 Å². The Bertz CT molecular complexity index is 823. The maximum absolute atomic E-state index is 13.5. The van der Waals surface area contributed by atoms with E-state index in [0.29, 0.717) is 6.61 Å². The van der Waals surface area contributed by atoms with Crippen molar-refractivity contribution in [1.82, 2.24) is 0 Å². The molecule has 0 amide bonds. The molecule has 0 saturated heterocycles. The minimum Gasteiger partial charge on any atom is -0.348 e. The van der Waals surface area contributed by atoms with Crippen LogP contribution < -0.4 is 0 Å². The molecule has 1 fully saturated rings. The van der Waals surface area contributed by atoms with E-state index in [2.05, 4.69) is 19.1 Å². The largest absolute Gasteiger partial charge is 0.348 e. The highest BCUT2D eigenvalue weighted by atomic mass is 32.2. The molecule has 1 aliphatic carbocycles. The van der Waals surface area contributed by atoms with E-state index >= 15 is 0 Å². The molecule has 1 heterocycles. The molecule has 1 unspecified atom stereocenters. The molecule has 2 aromatic carbocycles. The van der Waals surface area contributed by atoms with Crippen LogP contribution in [0.3, 0.4) is 0 Å². The number of aryl methyl sites for hydroxylation is 1. The summed E-state index contributed by atoms with van der Waals surface area (Å²) in [5.41, 5.74) is 2.99. The Morgan fingerprint density at radius 3 is 2.44 bits per heavy atom. The monoisotopic (exact) mass is 381 g/mol. The Kier molecular flexibility index (Phi) is 5.55. The van der Waals surface area contributed by atoms with Gasteiger partial charge < -0.3 is 4.74 Å². The molecule has 27 heavy (non-hydrogen) atoms. The van der Waals surface area contributed by atoms with Gasteiger partial charge in [-0.2, -0.15) is 0 Å². The predicted octanol–water partition coefficient (Wildman–Crippen LogP) is 4.85. The van der Waals surface area contributed by atoms with Gasteiger partial charge in [0.25, 0.3) is 0 Å². The second kappa shape index (κ2) is 8.07. The number of hydrogen-bond acceptors (Lipinski definition) is 3. The summed E-state index contributed by atoms with van der Waals surface area (Å²) in [6, 6.07) is 18.3. The molecule has 142 valence electrons. The standard InChI is InChI=1S/C23H27NO2S/c1-18-10-12-20(13-11-18)27(25)22(16-19-8-4-2-5-9-19)21-17-26-23(24-21)14-6-3-7-15-23/h2,4-5,8-13,22H,3,6-7,14-17H2,1H3/t22?,27-/m0/s1. The van der Waals surface area contributed by atoms with E-state index < -0.39 is 10.8 Å². The SMILES string of the molecule is Cc1ccc([S@](=O)C(Cc2ccccc2)C2=NC3(CCCCC3)OC2)cc1. The Morgan fingerprint density at radius 2 is 1.74 bits per heavy atom. The van der Waals surface area contributed by atoms with Crippen molar-refractivity contribution in [2.75, 3.05) is 6.61 Å². The van der Waals surface area contributed by atoms with Crippen LogP contribution in [0.4, 0.5) is 0 Å². The van der Waals surface area contributed by atoms with Crippen molar-refractivity contribution in [3.05, 3.63) is 65.7 Å². The molecule has 2 aromatic rings. The minimum absolute atomic E-state index is 0.142. The summed E-state index contributed by atoms with van der Waals surface area (Å²) in [4.78, 5) is 5.91. The van der Waals surface area contributed by atoms with Crippen LogP contribution in [-0.2, 0) is 22.0 Å². The molecule has 1 saturated carbocycles. The van der Waals surface area contributed by atoms with Crippen molar-refractivity contribution in [1.29, 1.82) is 0 Å². The lowest BCUT2D eigenvalue weighted by Crippen LogP contribution is -2.30. The third-order valence-corrected chi connectivity index (χ3v) is 7.31. The summed E-state index contributed by atoms with van der Waals surface area (Å²) in [5.74, 6) is 0. The molecule has 0 aromatic heterocycles. The average Bonchev–Trinajstić information content (AvgIpc) is 3.10. The molecule has 0 radical (unpaired) electrons. The Hall–Kier alpha value is -1.78. The smallest absolute Gasteiger partial charge is 0.159 e. The molecule has 3 nitrogen and oxygen atoms in total. The van der Waals surface area contributed by atoms with E-state index in [9.17, 15) is 4.21 Å². The highest BCUT2D eigenvalue weighted by Gasteiger charge is 2.40. The first-order valence-corrected chi connectivity index (χ1v) is 11.1. The van der Waals surface area contributed by atoms with Crippen molar-refractivity contribution in [3.63, 3.8) is 0 Å². The van der Waals surface area contributed by atoms with Crippen molar-refractivity contribution >= 4 is 16.5 Å². The second-order valence-corrected chi connectivity index (χ2v) is 9.32.